The van der Waals surface area contributed by atoms with Crippen molar-refractivity contribution in [3.8, 4) is 0 Å². The van der Waals surface area contributed by atoms with Crippen LogP contribution in [0.4, 0.5) is 0 Å². The van der Waals surface area contributed by atoms with Crippen molar-refractivity contribution in [1.82, 2.24) is 10.3 Å². The number of aromatic amines is 1. The van der Waals surface area contributed by atoms with E-state index < -0.39 is 11.5 Å². The van der Waals surface area contributed by atoms with Gasteiger partial charge in [-0.3, -0.25) is 9.59 Å². The summed E-state index contributed by atoms with van der Waals surface area (Å²) in [4.78, 5) is 26.5. The van der Waals surface area contributed by atoms with Gasteiger partial charge in [0.25, 0.3) is 5.91 Å². The summed E-state index contributed by atoms with van der Waals surface area (Å²) in [5, 5.41) is 12.8. The molecule has 1 aliphatic rings. The largest absolute Gasteiger partial charge is 0.481 e. The third-order valence-corrected chi connectivity index (χ3v) is 4.87. The van der Waals surface area contributed by atoms with E-state index in [1.165, 1.54) is 0 Å². The van der Waals surface area contributed by atoms with Crippen LogP contribution in [0.5, 0.6) is 0 Å². The van der Waals surface area contributed by atoms with Crippen LogP contribution in [0.3, 0.4) is 0 Å². The number of hydrogen-bond donors (Lipinski definition) is 3. The second-order valence-corrected chi connectivity index (χ2v) is 6.31. The summed E-state index contributed by atoms with van der Waals surface area (Å²) in [6.07, 6.45) is 2.34. The normalized spacial score (nSPS) is 16.4. The van der Waals surface area contributed by atoms with E-state index in [0.717, 1.165) is 17.3 Å². The number of aliphatic carboxylic acids is 1. The Labute approximate surface area is 129 Å². The lowest BCUT2D eigenvalue weighted by molar-refractivity contribution is -0.139. The average molecular weight is 351 g/mol. The molecular formula is C15H15BrN2O3. The zero-order valence-electron chi connectivity index (χ0n) is 11.3. The van der Waals surface area contributed by atoms with Gasteiger partial charge in [0.1, 0.15) is 5.69 Å². The fourth-order valence-electron chi connectivity index (χ4n) is 2.81. The summed E-state index contributed by atoms with van der Waals surface area (Å²) in [5.41, 5.74) is 0.711. The molecule has 5 nitrogen and oxygen atoms in total. The molecule has 1 heterocycles. The number of carboxylic acids is 1. The molecule has 0 radical (unpaired) electrons. The Hall–Kier alpha value is -1.82. The molecule has 21 heavy (non-hydrogen) atoms. The van der Waals surface area contributed by atoms with Gasteiger partial charge in [-0.2, -0.15) is 0 Å². The highest BCUT2D eigenvalue weighted by Crippen LogP contribution is 2.36. The molecule has 0 aliphatic heterocycles. The first-order valence-electron chi connectivity index (χ1n) is 6.81. The van der Waals surface area contributed by atoms with Gasteiger partial charge in [-0.25, -0.2) is 0 Å². The van der Waals surface area contributed by atoms with Crippen LogP contribution in [0, 0.1) is 0 Å². The molecule has 110 valence electrons. The van der Waals surface area contributed by atoms with E-state index in [2.05, 4.69) is 26.2 Å². The van der Waals surface area contributed by atoms with Crippen molar-refractivity contribution in [3.05, 3.63) is 34.4 Å². The number of para-hydroxylation sites is 1. The lowest BCUT2D eigenvalue weighted by Crippen LogP contribution is -2.54. The molecule has 1 aromatic heterocycles. The molecule has 6 heteroatoms. The van der Waals surface area contributed by atoms with Crippen LogP contribution in [0.15, 0.2) is 28.7 Å². The first kappa shape index (κ1) is 14.1. The lowest BCUT2D eigenvalue weighted by atomic mass is 9.74. The number of nitrogens with one attached hydrogen (secondary N) is 2. The van der Waals surface area contributed by atoms with Gasteiger partial charge in [0.15, 0.2) is 0 Å². The second-order valence-electron chi connectivity index (χ2n) is 5.52. The van der Waals surface area contributed by atoms with Crippen LogP contribution < -0.4 is 5.32 Å². The molecule has 1 fully saturated rings. The fraction of sp³-hybridized carbons (Fsp3) is 0.333. The molecule has 1 aliphatic carbocycles. The number of rotatable bonds is 4. The molecule has 0 unspecified atom stereocenters. The average Bonchev–Trinajstić information content (AvgIpc) is 2.74. The smallest absolute Gasteiger partial charge is 0.305 e. The van der Waals surface area contributed by atoms with Crippen molar-refractivity contribution in [3.63, 3.8) is 0 Å². The maximum atomic E-state index is 12.5. The van der Waals surface area contributed by atoms with E-state index in [-0.39, 0.29) is 12.3 Å². The Bertz CT molecular complexity index is 719. The molecule has 0 atom stereocenters. The predicted molar refractivity (Wildman–Crippen MR) is 82.3 cm³/mol. The number of carboxylic acid groups (broad SMARTS) is 1. The molecule has 1 saturated carbocycles. The molecule has 2 aromatic rings. The van der Waals surface area contributed by atoms with E-state index in [0.29, 0.717) is 23.0 Å². The number of carbonyl (C=O) groups excluding carboxylic acids is 1. The van der Waals surface area contributed by atoms with E-state index in [1.807, 2.05) is 24.3 Å². The third-order valence-electron chi connectivity index (χ3n) is 4.05. The summed E-state index contributed by atoms with van der Waals surface area (Å²) in [6, 6.07) is 7.61. The number of benzene rings is 1. The molecule has 1 aromatic carbocycles. The van der Waals surface area contributed by atoms with Gasteiger partial charge < -0.3 is 15.4 Å². The van der Waals surface area contributed by atoms with Crippen LogP contribution in [0.25, 0.3) is 10.9 Å². The molecule has 0 spiro atoms. The zero-order chi connectivity index (χ0) is 15.0. The first-order valence-corrected chi connectivity index (χ1v) is 7.61. The van der Waals surface area contributed by atoms with Crippen LogP contribution in [0.2, 0.25) is 0 Å². The lowest BCUT2D eigenvalue weighted by Gasteiger charge is -2.41. The highest BCUT2D eigenvalue weighted by atomic mass is 79.9. The number of amides is 1. The van der Waals surface area contributed by atoms with Crippen molar-refractivity contribution in [1.29, 1.82) is 0 Å². The monoisotopic (exact) mass is 350 g/mol. The van der Waals surface area contributed by atoms with Gasteiger partial charge in [-0.15, -0.1) is 0 Å². The van der Waals surface area contributed by atoms with Gasteiger partial charge >= 0.3 is 5.97 Å². The minimum Gasteiger partial charge on any atom is -0.481 e. The number of carbonyl (C=O) groups is 2. The standard InChI is InChI=1S/C15H15BrN2O3/c16-12-9-4-1-2-5-10(9)17-13(12)14(21)18-15(6-3-7-15)8-11(19)20/h1-2,4-5,17H,3,6-8H2,(H,18,21)(H,19,20). The molecule has 0 saturated heterocycles. The van der Waals surface area contributed by atoms with E-state index in [1.54, 1.807) is 0 Å². The maximum Gasteiger partial charge on any atom is 0.305 e. The number of aromatic nitrogens is 1. The van der Waals surface area contributed by atoms with Gasteiger partial charge in [0.05, 0.1) is 16.4 Å². The van der Waals surface area contributed by atoms with E-state index in [9.17, 15) is 9.59 Å². The summed E-state index contributed by atoms with van der Waals surface area (Å²) in [6.45, 7) is 0. The highest BCUT2D eigenvalue weighted by molar-refractivity contribution is 9.10. The Kier molecular flexibility index (Phi) is 3.49. The summed E-state index contributed by atoms with van der Waals surface area (Å²) < 4.78 is 0.709. The summed E-state index contributed by atoms with van der Waals surface area (Å²) >= 11 is 3.44. The molecule has 3 N–H and O–H groups in total. The zero-order valence-corrected chi connectivity index (χ0v) is 12.9. The SMILES string of the molecule is O=C(O)CC1(NC(=O)c2[nH]c3ccccc3c2Br)CCC1. The molecule has 0 bridgehead atoms. The fourth-order valence-corrected chi connectivity index (χ4v) is 3.43. The maximum absolute atomic E-state index is 12.5. The second kappa shape index (κ2) is 5.18. The minimum absolute atomic E-state index is 0.0312. The van der Waals surface area contributed by atoms with E-state index >= 15 is 0 Å². The Morgan fingerprint density at radius 1 is 1.33 bits per heavy atom. The number of fused-ring (bicyclic) bond motifs is 1. The Balaban J connectivity index is 1.87. The van der Waals surface area contributed by atoms with Gasteiger partial charge in [0, 0.05) is 10.9 Å². The first-order chi connectivity index (χ1) is 10.0. The Morgan fingerprint density at radius 2 is 2.05 bits per heavy atom. The van der Waals surface area contributed by atoms with Crippen molar-refractivity contribution in [2.45, 2.75) is 31.2 Å². The van der Waals surface area contributed by atoms with Gasteiger partial charge in [0.2, 0.25) is 0 Å². The number of H-pyrrole nitrogens is 1. The number of halogens is 1. The van der Waals surface area contributed by atoms with Crippen molar-refractivity contribution in [2.24, 2.45) is 0 Å². The van der Waals surface area contributed by atoms with Gasteiger partial charge in [-0.05, 0) is 41.3 Å². The van der Waals surface area contributed by atoms with Crippen molar-refractivity contribution in [2.75, 3.05) is 0 Å². The van der Waals surface area contributed by atoms with Crippen molar-refractivity contribution >= 4 is 38.7 Å². The highest BCUT2D eigenvalue weighted by Gasteiger charge is 2.41. The molecular weight excluding hydrogens is 336 g/mol. The number of hydrogen-bond acceptors (Lipinski definition) is 2. The van der Waals surface area contributed by atoms with Crippen LogP contribution in [0.1, 0.15) is 36.2 Å². The van der Waals surface area contributed by atoms with Crippen LogP contribution >= 0.6 is 15.9 Å². The predicted octanol–water partition coefficient (Wildman–Crippen LogP) is 3.06. The molecule has 1 amide bonds. The summed E-state index contributed by atoms with van der Waals surface area (Å²) in [5.74, 6) is -1.15. The topological polar surface area (TPSA) is 82.2 Å². The van der Waals surface area contributed by atoms with Crippen molar-refractivity contribution < 1.29 is 14.7 Å². The summed E-state index contributed by atoms with van der Waals surface area (Å²) in [7, 11) is 0. The quantitative estimate of drug-likeness (QED) is 0.792. The van der Waals surface area contributed by atoms with Crippen LogP contribution in [-0.4, -0.2) is 27.5 Å². The molecule has 3 rings (SSSR count). The van der Waals surface area contributed by atoms with E-state index in [4.69, 9.17) is 5.11 Å². The Morgan fingerprint density at radius 3 is 2.62 bits per heavy atom. The third kappa shape index (κ3) is 2.55. The minimum atomic E-state index is -0.884. The van der Waals surface area contributed by atoms with Crippen LogP contribution in [-0.2, 0) is 4.79 Å². The van der Waals surface area contributed by atoms with Gasteiger partial charge in [-0.1, -0.05) is 18.2 Å².